The van der Waals surface area contributed by atoms with Crippen molar-refractivity contribution in [1.29, 1.82) is 0 Å². The molecule has 2 heterocycles. The zero-order valence-electron chi connectivity index (χ0n) is 15.8. The number of rotatable bonds is 3. The van der Waals surface area contributed by atoms with Crippen LogP contribution in [-0.4, -0.2) is 34.0 Å². The van der Waals surface area contributed by atoms with Crippen molar-refractivity contribution in [3.8, 4) is 22.6 Å². The summed E-state index contributed by atoms with van der Waals surface area (Å²) in [5, 5.41) is 10.5. The normalized spacial score (nSPS) is 13.4. The third-order valence-electron chi connectivity index (χ3n) is 5.03. The number of carbonyl (C=O) groups excluding carboxylic acids is 1. The Balaban J connectivity index is 1.69. The van der Waals surface area contributed by atoms with Crippen molar-refractivity contribution in [3.05, 3.63) is 77.6 Å². The average Bonchev–Trinajstić information content (AvgIpc) is 2.96. The van der Waals surface area contributed by atoms with E-state index in [1.807, 2.05) is 49.4 Å². The van der Waals surface area contributed by atoms with Gasteiger partial charge in [-0.05, 0) is 41.8 Å². The highest BCUT2D eigenvalue weighted by Crippen LogP contribution is 2.37. The number of amides is 1. The molecular formula is C23H22N2O3. The van der Waals surface area contributed by atoms with Crippen LogP contribution in [0.4, 0.5) is 0 Å². The Bertz CT molecular complexity index is 1000. The molecule has 0 bridgehead atoms. The Morgan fingerprint density at radius 3 is 2.82 bits per heavy atom. The van der Waals surface area contributed by atoms with Crippen molar-refractivity contribution in [2.75, 3.05) is 13.2 Å². The van der Waals surface area contributed by atoms with E-state index in [-0.39, 0.29) is 11.7 Å². The Kier molecular flexibility index (Phi) is 4.98. The van der Waals surface area contributed by atoms with Crippen LogP contribution in [0.3, 0.4) is 0 Å². The second-order valence-corrected chi connectivity index (χ2v) is 6.81. The lowest BCUT2D eigenvalue weighted by molar-refractivity contribution is 0.0732. The van der Waals surface area contributed by atoms with Crippen molar-refractivity contribution in [1.82, 2.24) is 9.88 Å². The van der Waals surface area contributed by atoms with Gasteiger partial charge in [0.1, 0.15) is 6.61 Å². The first-order valence-corrected chi connectivity index (χ1v) is 9.43. The second-order valence-electron chi connectivity index (χ2n) is 6.81. The Hall–Kier alpha value is -3.34. The van der Waals surface area contributed by atoms with E-state index >= 15 is 0 Å². The molecule has 1 aliphatic heterocycles. The van der Waals surface area contributed by atoms with Crippen molar-refractivity contribution in [2.24, 2.45) is 0 Å². The van der Waals surface area contributed by atoms with Gasteiger partial charge in [-0.25, -0.2) is 0 Å². The summed E-state index contributed by atoms with van der Waals surface area (Å²) in [6, 6.07) is 15.1. The lowest BCUT2D eigenvalue weighted by atomic mass is 10.0. The van der Waals surface area contributed by atoms with E-state index in [0.717, 1.165) is 34.2 Å². The molecule has 0 fully saturated rings. The number of benzene rings is 2. The molecule has 1 aromatic heterocycles. The molecule has 4 rings (SSSR count). The zero-order chi connectivity index (χ0) is 19.5. The molecule has 1 aliphatic rings. The van der Waals surface area contributed by atoms with Crippen molar-refractivity contribution in [2.45, 2.75) is 19.9 Å². The standard InChI is InChI=1S/C23H22N2O3/c1-2-16-6-3-4-8-20(16)23(27)25-10-11-28-22-19(15-25)12-18(13-21(22)26)17-7-5-9-24-14-17/h3-9,12-14,26H,2,10-11,15H2,1H3. The first-order chi connectivity index (χ1) is 13.7. The van der Waals surface area contributed by atoms with Crippen LogP contribution in [0.5, 0.6) is 11.5 Å². The van der Waals surface area contributed by atoms with Crippen LogP contribution in [0.2, 0.25) is 0 Å². The molecular weight excluding hydrogens is 352 g/mol. The van der Waals surface area contributed by atoms with Crippen molar-refractivity contribution >= 4 is 5.91 Å². The quantitative estimate of drug-likeness (QED) is 0.751. The minimum atomic E-state index is -0.0137. The first kappa shape index (κ1) is 18.0. The Labute approximate surface area is 164 Å². The van der Waals surface area contributed by atoms with E-state index in [1.165, 1.54) is 0 Å². The number of hydrogen-bond donors (Lipinski definition) is 1. The molecule has 142 valence electrons. The highest BCUT2D eigenvalue weighted by Gasteiger charge is 2.24. The third-order valence-corrected chi connectivity index (χ3v) is 5.03. The summed E-state index contributed by atoms with van der Waals surface area (Å²) in [4.78, 5) is 19.1. The predicted octanol–water partition coefficient (Wildman–Crippen LogP) is 4.05. The number of hydrogen-bond acceptors (Lipinski definition) is 4. The number of phenolic OH excluding ortho intramolecular Hbond substituents is 1. The number of aromatic nitrogens is 1. The molecule has 0 saturated heterocycles. The number of carbonyl (C=O) groups is 1. The Morgan fingerprint density at radius 1 is 1.18 bits per heavy atom. The van der Waals surface area contributed by atoms with Gasteiger partial charge in [-0.15, -0.1) is 0 Å². The summed E-state index contributed by atoms with van der Waals surface area (Å²) < 4.78 is 5.78. The molecule has 0 spiro atoms. The fourth-order valence-corrected chi connectivity index (χ4v) is 3.58. The maximum absolute atomic E-state index is 13.2. The van der Waals surface area contributed by atoms with E-state index in [9.17, 15) is 9.90 Å². The number of ether oxygens (including phenoxy) is 1. The molecule has 0 unspecified atom stereocenters. The number of aromatic hydroxyl groups is 1. The molecule has 0 radical (unpaired) electrons. The Morgan fingerprint density at radius 2 is 2.04 bits per heavy atom. The lowest BCUT2D eigenvalue weighted by Crippen LogP contribution is -2.33. The molecule has 0 aliphatic carbocycles. The summed E-state index contributed by atoms with van der Waals surface area (Å²) in [5.41, 5.74) is 4.29. The van der Waals surface area contributed by atoms with Crippen LogP contribution >= 0.6 is 0 Å². The molecule has 3 aromatic rings. The van der Waals surface area contributed by atoms with Gasteiger partial charge in [0, 0.05) is 35.6 Å². The second kappa shape index (κ2) is 7.72. The molecule has 2 aromatic carbocycles. The van der Waals surface area contributed by atoms with Crippen molar-refractivity contribution in [3.63, 3.8) is 0 Å². The van der Waals surface area contributed by atoms with Crippen molar-refractivity contribution < 1.29 is 14.6 Å². The molecule has 1 amide bonds. The van der Waals surface area contributed by atoms with Gasteiger partial charge < -0.3 is 14.7 Å². The van der Waals surface area contributed by atoms with Crippen LogP contribution in [0.1, 0.15) is 28.4 Å². The summed E-state index contributed by atoms with van der Waals surface area (Å²) in [6.07, 6.45) is 4.26. The van der Waals surface area contributed by atoms with Crippen LogP contribution in [0.25, 0.3) is 11.1 Å². The summed E-state index contributed by atoms with van der Waals surface area (Å²) in [6.45, 7) is 3.24. The highest BCUT2D eigenvalue weighted by molar-refractivity contribution is 5.95. The molecule has 0 saturated carbocycles. The summed E-state index contributed by atoms with van der Waals surface area (Å²) in [7, 11) is 0. The smallest absolute Gasteiger partial charge is 0.254 e. The number of nitrogens with zero attached hydrogens (tertiary/aromatic N) is 2. The predicted molar refractivity (Wildman–Crippen MR) is 107 cm³/mol. The summed E-state index contributed by atoms with van der Waals surface area (Å²) >= 11 is 0. The molecule has 28 heavy (non-hydrogen) atoms. The minimum absolute atomic E-state index is 0.0137. The number of aryl methyl sites for hydroxylation is 1. The van der Waals surface area contributed by atoms with Crippen LogP contribution < -0.4 is 4.74 Å². The fraction of sp³-hybridized carbons (Fsp3) is 0.217. The van der Waals surface area contributed by atoms with E-state index in [4.69, 9.17) is 4.74 Å². The SMILES string of the molecule is CCc1ccccc1C(=O)N1CCOc2c(O)cc(-c3cccnc3)cc2C1. The van der Waals surface area contributed by atoms with Crippen LogP contribution in [0, 0.1) is 0 Å². The monoisotopic (exact) mass is 374 g/mol. The van der Waals surface area contributed by atoms with Gasteiger partial charge in [-0.3, -0.25) is 9.78 Å². The zero-order valence-corrected chi connectivity index (χ0v) is 15.8. The number of phenols is 1. The van der Waals surface area contributed by atoms with Gasteiger partial charge in [0.25, 0.3) is 5.91 Å². The average molecular weight is 374 g/mol. The van der Waals surface area contributed by atoms with Crippen LogP contribution in [0.15, 0.2) is 60.9 Å². The number of pyridine rings is 1. The van der Waals surface area contributed by atoms with Crippen LogP contribution in [-0.2, 0) is 13.0 Å². The van der Waals surface area contributed by atoms with Gasteiger partial charge in [0.2, 0.25) is 0 Å². The number of fused-ring (bicyclic) bond motifs is 1. The maximum Gasteiger partial charge on any atom is 0.254 e. The van der Waals surface area contributed by atoms with Gasteiger partial charge in [0.15, 0.2) is 11.5 Å². The topological polar surface area (TPSA) is 62.7 Å². The third kappa shape index (κ3) is 3.43. The first-order valence-electron chi connectivity index (χ1n) is 9.43. The molecule has 5 nitrogen and oxygen atoms in total. The van der Waals surface area contributed by atoms with E-state index < -0.39 is 0 Å². The molecule has 5 heteroatoms. The van der Waals surface area contributed by atoms with E-state index in [1.54, 1.807) is 23.4 Å². The van der Waals surface area contributed by atoms with Gasteiger partial charge >= 0.3 is 0 Å². The molecule has 1 N–H and O–H groups in total. The fourth-order valence-electron chi connectivity index (χ4n) is 3.58. The van der Waals surface area contributed by atoms with Gasteiger partial charge in [-0.2, -0.15) is 0 Å². The highest BCUT2D eigenvalue weighted by atomic mass is 16.5. The van der Waals surface area contributed by atoms with Gasteiger partial charge in [-0.1, -0.05) is 31.2 Å². The molecule has 0 atom stereocenters. The van der Waals surface area contributed by atoms with Gasteiger partial charge in [0.05, 0.1) is 6.54 Å². The summed E-state index contributed by atoms with van der Waals surface area (Å²) in [5.74, 6) is 0.520. The largest absolute Gasteiger partial charge is 0.504 e. The maximum atomic E-state index is 13.2. The van der Waals surface area contributed by atoms with E-state index in [2.05, 4.69) is 4.98 Å². The lowest BCUT2D eigenvalue weighted by Gasteiger charge is -2.21. The minimum Gasteiger partial charge on any atom is -0.504 e. The van der Waals surface area contributed by atoms with E-state index in [0.29, 0.717) is 25.4 Å².